The van der Waals surface area contributed by atoms with Crippen LogP contribution < -0.4 is 10.1 Å². The van der Waals surface area contributed by atoms with Gasteiger partial charge in [0.1, 0.15) is 0 Å². The van der Waals surface area contributed by atoms with Gasteiger partial charge in [-0.15, -0.1) is 0 Å². The predicted octanol–water partition coefficient (Wildman–Crippen LogP) is 2.58. The van der Waals surface area contributed by atoms with Crippen molar-refractivity contribution < 1.29 is 18.7 Å². The van der Waals surface area contributed by atoms with Gasteiger partial charge in [0.05, 0.1) is 25.7 Å². The van der Waals surface area contributed by atoms with Crippen molar-refractivity contribution >= 4 is 5.91 Å². The summed E-state index contributed by atoms with van der Waals surface area (Å²) in [4.78, 5) is 11.9. The summed E-state index contributed by atoms with van der Waals surface area (Å²) in [5, 5.41) is 2.86. The molecule has 4 nitrogen and oxygen atoms in total. The van der Waals surface area contributed by atoms with E-state index >= 15 is 0 Å². The number of methoxy groups -OCH3 is 1. The molecule has 0 unspecified atom stereocenters. The molecule has 1 N–H and O–H groups in total. The Hall–Kier alpha value is -1.62. The zero-order chi connectivity index (χ0) is 14.5. The van der Waals surface area contributed by atoms with Crippen LogP contribution in [0.2, 0.25) is 0 Å². The van der Waals surface area contributed by atoms with Crippen LogP contribution in [0.15, 0.2) is 18.2 Å². The van der Waals surface area contributed by atoms with Crippen molar-refractivity contribution in [3.05, 3.63) is 29.6 Å². The summed E-state index contributed by atoms with van der Waals surface area (Å²) in [7, 11) is 1.42. The SMILES string of the molecule is COc1ccc([C@H](C)NC(=O)C[C@H]2CCCO2)cc1F. The van der Waals surface area contributed by atoms with Crippen molar-refractivity contribution in [2.24, 2.45) is 0 Å². The maximum Gasteiger partial charge on any atom is 0.223 e. The number of ether oxygens (including phenoxy) is 2. The standard InChI is InChI=1S/C15H20FNO3/c1-10(11-5-6-14(19-2)13(16)8-11)17-15(18)9-12-4-3-7-20-12/h5-6,8,10,12H,3-4,7,9H2,1-2H3,(H,17,18)/t10-,12+/m0/s1. The van der Waals surface area contributed by atoms with Crippen LogP contribution in [-0.4, -0.2) is 25.7 Å². The molecule has 0 saturated carbocycles. The summed E-state index contributed by atoms with van der Waals surface area (Å²) >= 11 is 0. The minimum absolute atomic E-state index is 0.0230. The predicted molar refractivity (Wildman–Crippen MR) is 73.1 cm³/mol. The van der Waals surface area contributed by atoms with Gasteiger partial charge in [-0.25, -0.2) is 4.39 Å². The van der Waals surface area contributed by atoms with Gasteiger partial charge in [0.15, 0.2) is 11.6 Å². The number of benzene rings is 1. The summed E-state index contributed by atoms with van der Waals surface area (Å²) in [5.74, 6) is -0.294. The zero-order valence-electron chi connectivity index (χ0n) is 11.8. The number of carbonyl (C=O) groups is 1. The lowest BCUT2D eigenvalue weighted by Gasteiger charge is -2.16. The quantitative estimate of drug-likeness (QED) is 0.902. The highest BCUT2D eigenvalue weighted by molar-refractivity contribution is 5.77. The van der Waals surface area contributed by atoms with Crippen LogP contribution in [0.1, 0.15) is 37.8 Å². The van der Waals surface area contributed by atoms with Gasteiger partial charge in [0.25, 0.3) is 0 Å². The molecule has 0 bridgehead atoms. The van der Waals surface area contributed by atoms with E-state index < -0.39 is 5.82 Å². The minimum Gasteiger partial charge on any atom is -0.494 e. The van der Waals surface area contributed by atoms with Gasteiger partial charge in [-0.2, -0.15) is 0 Å². The first-order valence-electron chi connectivity index (χ1n) is 6.84. The fourth-order valence-electron chi connectivity index (χ4n) is 2.35. The molecule has 1 aliphatic heterocycles. The van der Waals surface area contributed by atoms with Crippen molar-refractivity contribution in [2.75, 3.05) is 13.7 Å². The average molecular weight is 281 g/mol. The molecule has 0 spiro atoms. The van der Waals surface area contributed by atoms with Crippen molar-refractivity contribution in [1.82, 2.24) is 5.32 Å². The van der Waals surface area contributed by atoms with E-state index in [0.29, 0.717) is 12.0 Å². The Kier molecular flexibility index (Phi) is 4.95. The van der Waals surface area contributed by atoms with E-state index in [1.165, 1.54) is 13.2 Å². The minimum atomic E-state index is -0.426. The highest BCUT2D eigenvalue weighted by Gasteiger charge is 2.20. The van der Waals surface area contributed by atoms with Crippen LogP contribution in [0.3, 0.4) is 0 Å². The molecule has 5 heteroatoms. The molecule has 1 aromatic rings. The molecule has 1 amide bonds. The molecule has 110 valence electrons. The molecule has 1 aliphatic rings. The lowest BCUT2D eigenvalue weighted by molar-refractivity contribution is -0.123. The normalized spacial score (nSPS) is 19.6. The second-order valence-electron chi connectivity index (χ2n) is 5.02. The van der Waals surface area contributed by atoms with E-state index in [1.54, 1.807) is 12.1 Å². The molecule has 2 atom stereocenters. The van der Waals surface area contributed by atoms with Gasteiger partial charge in [-0.05, 0) is 37.5 Å². The number of rotatable bonds is 5. The van der Waals surface area contributed by atoms with Crippen molar-refractivity contribution in [3.63, 3.8) is 0 Å². The van der Waals surface area contributed by atoms with Gasteiger partial charge < -0.3 is 14.8 Å². The lowest BCUT2D eigenvalue weighted by atomic mass is 10.1. The zero-order valence-corrected chi connectivity index (χ0v) is 11.8. The van der Waals surface area contributed by atoms with E-state index in [1.807, 2.05) is 6.92 Å². The van der Waals surface area contributed by atoms with Crippen LogP contribution in [-0.2, 0) is 9.53 Å². The summed E-state index contributed by atoms with van der Waals surface area (Å²) in [6, 6.07) is 4.45. The van der Waals surface area contributed by atoms with Gasteiger partial charge in [0, 0.05) is 6.61 Å². The second-order valence-corrected chi connectivity index (χ2v) is 5.02. The van der Waals surface area contributed by atoms with Gasteiger partial charge in [0.2, 0.25) is 5.91 Å². The summed E-state index contributed by atoms with van der Waals surface area (Å²) in [6.07, 6.45) is 2.33. The number of nitrogens with one attached hydrogen (secondary N) is 1. The molecule has 0 aromatic heterocycles. The largest absolute Gasteiger partial charge is 0.494 e. The molecule has 1 fully saturated rings. The van der Waals surface area contributed by atoms with E-state index in [0.717, 1.165) is 19.4 Å². The summed E-state index contributed by atoms with van der Waals surface area (Å²) in [5.41, 5.74) is 0.712. The Labute approximate surface area is 118 Å². The maximum atomic E-state index is 13.6. The number of hydrogen-bond acceptors (Lipinski definition) is 3. The smallest absolute Gasteiger partial charge is 0.223 e. The Morgan fingerprint density at radius 1 is 1.60 bits per heavy atom. The average Bonchev–Trinajstić information content (AvgIpc) is 2.91. The van der Waals surface area contributed by atoms with Crippen LogP contribution in [0, 0.1) is 5.82 Å². The Balaban J connectivity index is 1.91. The number of amides is 1. The maximum absolute atomic E-state index is 13.6. The number of halogens is 1. The van der Waals surface area contributed by atoms with Gasteiger partial charge in [-0.3, -0.25) is 4.79 Å². The third-order valence-electron chi connectivity index (χ3n) is 3.49. The Morgan fingerprint density at radius 2 is 2.40 bits per heavy atom. The fourth-order valence-corrected chi connectivity index (χ4v) is 2.35. The van der Waals surface area contributed by atoms with Crippen molar-refractivity contribution in [1.29, 1.82) is 0 Å². The molecule has 0 radical (unpaired) electrons. The van der Waals surface area contributed by atoms with Crippen LogP contribution >= 0.6 is 0 Å². The van der Waals surface area contributed by atoms with Crippen LogP contribution in [0.4, 0.5) is 4.39 Å². The molecule has 2 rings (SSSR count). The second kappa shape index (κ2) is 6.70. The first-order valence-corrected chi connectivity index (χ1v) is 6.84. The van der Waals surface area contributed by atoms with Gasteiger partial charge >= 0.3 is 0 Å². The van der Waals surface area contributed by atoms with E-state index in [2.05, 4.69) is 5.32 Å². The Bertz CT molecular complexity index is 472. The number of carbonyl (C=O) groups excluding carboxylic acids is 1. The van der Waals surface area contributed by atoms with E-state index in [-0.39, 0.29) is 23.8 Å². The van der Waals surface area contributed by atoms with Crippen LogP contribution in [0.5, 0.6) is 5.75 Å². The van der Waals surface area contributed by atoms with E-state index in [4.69, 9.17) is 9.47 Å². The third-order valence-corrected chi connectivity index (χ3v) is 3.49. The summed E-state index contributed by atoms with van der Waals surface area (Å²) in [6.45, 7) is 2.56. The number of hydrogen-bond donors (Lipinski definition) is 1. The topological polar surface area (TPSA) is 47.6 Å². The monoisotopic (exact) mass is 281 g/mol. The molecular weight excluding hydrogens is 261 g/mol. The van der Waals surface area contributed by atoms with Crippen molar-refractivity contribution in [3.8, 4) is 5.75 Å². The highest BCUT2D eigenvalue weighted by atomic mass is 19.1. The fraction of sp³-hybridized carbons (Fsp3) is 0.533. The molecular formula is C15H20FNO3. The molecule has 1 aromatic carbocycles. The van der Waals surface area contributed by atoms with E-state index in [9.17, 15) is 9.18 Å². The summed E-state index contributed by atoms with van der Waals surface area (Å²) < 4.78 is 23.9. The van der Waals surface area contributed by atoms with Crippen molar-refractivity contribution in [2.45, 2.75) is 38.3 Å². The van der Waals surface area contributed by atoms with Gasteiger partial charge in [-0.1, -0.05) is 6.07 Å². The first-order chi connectivity index (χ1) is 9.60. The highest BCUT2D eigenvalue weighted by Crippen LogP contribution is 2.22. The molecule has 1 saturated heterocycles. The molecule has 20 heavy (non-hydrogen) atoms. The lowest BCUT2D eigenvalue weighted by Crippen LogP contribution is -2.29. The third kappa shape index (κ3) is 3.70. The first kappa shape index (κ1) is 14.8. The molecule has 0 aliphatic carbocycles. The Morgan fingerprint density at radius 3 is 3.00 bits per heavy atom. The van der Waals surface area contributed by atoms with Crippen LogP contribution in [0.25, 0.3) is 0 Å². The molecule has 1 heterocycles.